The Kier molecular flexibility index (Phi) is 4.04. The number of likely N-dealkylation sites (tertiary alicyclic amines) is 1. The van der Waals surface area contributed by atoms with Crippen LogP contribution in [0.15, 0.2) is 36.5 Å². The lowest BCUT2D eigenvalue weighted by Crippen LogP contribution is -2.45. The van der Waals surface area contributed by atoms with Crippen molar-refractivity contribution in [3.8, 4) is 10.4 Å². The zero-order chi connectivity index (χ0) is 15.6. The summed E-state index contributed by atoms with van der Waals surface area (Å²) in [5, 5.41) is 1.11. The SMILES string of the molecule is O=C1CCCN1C1CCN(c2ncc(-c3ccccc3)s2)CC1. The number of benzene rings is 1. The van der Waals surface area contributed by atoms with Crippen LogP contribution in [0.5, 0.6) is 0 Å². The Hall–Kier alpha value is -1.88. The van der Waals surface area contributed by atoms with Crippen LogP contribution in [0.2, 0.25) is 0 Å². The molecule has 1 aromatic heterocycles. The minimum Gasteiger partial charge on any atom is -0.348 e. The van der Waals surface area contributed by atoms with Gasteiger partial charge in [0.05, 0.1) is 4.88 Å². The van der Waals surface area contributed by atoms with E-state index >= 15 is 0 Å². The third kappa shape index (κ3) is 2.98. The summed E-state index contributed by atoms with van der Waals surface area (Å²) in [6, 6.07) is 10.9. The van der Waals surface area contributed by atoms with Crippen LogP contribution in [0.1, 0.15) is 25.7 Å². The number of anilines is 1. The Labute approximate surface area is 140 Å². The van der Waals surface area contributed by atoms with Crippen LogP contribution in [0.25, 0.3) is 10.4 Å². The molecule has 2 aliphatic rings. The van der Waals surface area contributed by atoms with E-state index in [9.17, 15) is 4.79 Å². The van der Waals surface area contributed by atoms with E-state index in [2.05, 4.69) is 39.0 Å². The summed E-state index contributed by atoms with van der Waals surface area (Å²) in [6.45, 7) is 2.95. The third-order valence-corrected chi connectivity index (χ3v) is 5.94. The molecule has 5 heteroatoms. The fourth-order valence-electron chi connectivity index (χ4n) is 3.57. The summed E-state index contributed by atoms with van der Waals surface area (Å²) in [6.07, 6.45) is 5.88. The Morgan fingerprint density at radius 3 is 2.57 bits per heavy atom. The number of hydrogen-bond donors (Lipinski definition) is 0. The van der Waals surface area contributed by atoms with Gasteiger partial charge >= 0.3 is 0 Å². The minimum atomic E-state index is 0.351. The first-order valence-electron chi connectivity index (χ1n) is 8.37. The Bertz CT molecular complexity index is 677. The molecule has 0 saturated carbocycles. The molecule has 0 aliphatic carbocycles. The standard InChI is InChI=1S/C18H21N3OS/c22-17-7-4-10-21(17)15-8-11-20(12-9-15)18-19-13-16(23-18)14-5-2-1-3-6-14/h1-3,5-6,13,15H,4,7-12H2. The molecule has 4 nitrogen and oxygen atoms in total. The lowest BCUT2D eigenvalue weighted by molar-refractivity contribution is -0.130. The van der Waals surface area contributed by atoms with E-state index in [0.29, 0.717) is 11.9 Å². The van der Waals surface area contributed by atoms with Gasteiger partial charge in [0.15, 0.2) is 5.13 Å². The van der Waals surface area contributed by atoms with E-state index in [1.54, 1.807) is 11.3 Å². The van der Waals surface area contributed by atoms with E-state index in [4.69, 9.17) is 0 Å². The molecule has 4 rings (SSSR count). The van der Waals surface area contributed by atoms with Crippen LogP contribution < -0.4 is 4.90 Å². The van der Waals surface area contributed by atoms with Crippen LogP contribution in [-0.2, 0) is 4.79 Å². The van der Waals surface area contributed by atoms with Crippen LogP contribution in [0.4, 0.5) is 5.13 Å². The maximum atomic E-state index is 11.9. The number of thiazole rings is 1. The number of hydrogen-bond acceptors (Lipinski definition) is 4. The average molecular weight is 327 g/mol. The fourth-order valence-corrected chi connectivity index (χ4v) is 4.54. The highest BCUT2D eigenvalue weighted by molar-refractivity contribution is 7.18. The first-order chi connectivity index (χ1) is 11.3. The number of carbonyl (C=O) groups is 1. The molecule has 1 amide bonds. The van der Waals surface area contributed by atoms with Crippen molar-refractivity contribution in [3.05, 3.63) is 36.5 Å². The molecule has 120 valence electrons. The maximum Gasteiger partial charge on any atom is 0.222 e. The highest BCUT2D eigenvalue weighted by atomic mass is 32.1. The van der Waals surface area contributed by atoms with Gasteiger partial charge in [-0.3, -0.25) is 4.79 Å². The Morgan fingerprint density at radius 1 is 1.09 bits per heavy atom. The van der Waals surface area contributed by atoms with Crippen molar-refractivity contribution in [2.24, 2.45) is 0 Å². The number of nitrogens with zero attached hydrogens (tertiary/aromatic N) is 3. The van der Waals surface area contributed by atoms with Gasteiger partial charge < -0.3 is 9.80 Å². The highest BCUT2D eigenvalue weighted by Crippen LogP contribution is 2.33. The second-order valence-corrected chi connectivity index (χ2v) is 7.29. The topological polar surface area (TPSA) is 36.4 Å². The Morgan fingerprint density at radius 2 is 1.87 bits per heavy atom. The third-order valence-electron chi connectivity index (χ3n) is 4.84. The van der Waals surface area contributed by atoms with E-state index < -0.39 is 0 Å². The van der Waals surface area contributed by atoms with Gasteiger partial charge in [-0.25, -0.2) is 4.98 Å². The molecular weight excluding hydrogens is 306 g/mol. The van der Waals surface area contributed by atoms with Gasteiger partial charge in [-0.2, -0.15) is 0 Å². The number of piperidine rings is 1. The zero-order valence-corrected chi connectivity index (χ0v) is 14.0. The molecule has 2 saturated heterocycles. The summed E-state index contributed by atoms with van der Waals surface area (Å²) in [5.74, 6) is 0.351. The van der Waals surface area contributed by atoms with Gasteiger partial charge in [0.25, 0.3) is 0 Å². The monoisotopic (exact) mass is 327 g/mol. The maximum absolute atomic E-state index is 11.9. The molecule has 0 atom stereocenters. The van der Waals surface area contributed by atoms with Crippen molar-refractivity contribution < 1.29 is 4.79 Å². The molecule has 0 spiro atoms. The van der Waals surface area contributed by atoms with Crippen molar-refractivity contribution in [2.45, 2.75) is 31.7 Å². The number of carbonyl (C=O) groups excluding carboxylic acids is 1. The van der Waals surface area contributed by atoms with Gasteiger partial charge in [-0.05, 0) is 24.8 Å². The lowest BCUT2D eigenvalue weighted by Gasteiger charge is -2.36. The molecule has 0 N–H and O–H groups in total. The summed E-state index contributed by atoms with van der Waals surface area (Å²) in [5.41, 5.74) is 1.23. The van der Waals surface area contributed by atoms with Crippen molar-refractivity contribution in [1.82, 2.24) is 9.88 Å². The molecule has 2 fully saturated rings. The first kappa shape index (κ1) is 14.7. The van der Waals surface area contributed by atoms with Crippen molar-refractivity contribution in [1.29, 1.82) is 0 Å². The summed E-state index contributed by atoms with van der Waals surface area (Å²) in [4.78, 5) is 22.2. The second-order valence-electron chi connectivity index (χ2n) is 6.28. The lowest BCUT2D eigenvalue weighted by atomic mass is 10.0. The van der Waals surface area contributed by atoms with Crippen LogP contribution >= 0.6 is 11.3 Å². The summed E-state index contributed by atoms with van der Waals surface area (Å²) < 4.78 is 0. The summed E-state index contributed by atoms with van der Waals surface area (Å²) >= 11 is 1.76. The second kappa shape index (κ2) is 6.32. The predicted octanol–water partition coefficient (Wildman–Crippen LogP) is 3.40. The molecule has 0 radical (unpaired) electrons. The molecule has 3 heterocycles. The molecule has 0 unspecified atom stereocenters. The average Bonchev–Trinajstić information content (AvgIpc) is 3.25. The van der Waals surface area contributed by atoms with Crippen LogP contribution in [0, 0.1) is 0 Å². The molecule has 2 aliphatic heterocycles. The molecule has 2 aromatic rings. The van der Waals surface area contributed by atoms with Gasteiger partial charge in [0.2, 0.25) is 5.91 Å². The number of amides is 1. The normalized spacial score (nSPS) is 19.6. The van der Waals surface area contributed by atoms with Gasteiger partial charge in [-0.1, -0.05) is 41.7 Å². The van der Waals surface area contributed by atoms with Crippen LogP contribution in [0.3, 0.4) is 0 Å². The smallest absolute Gasteiger partial charge is 0.222 e. The van der Waals surface area contributed by atoms with Gasteiger partial charge in [0, 0.05) is 38.3 Å². The number of rotatable bonds is 3. The highest BCUT2D eigenvalue weighted by Gasteiger charge is 2.31. The van der Waals surface area contributed by atoms with Crippen molar-refractivity contribution in [3.63, 3.8) is 0 Å². The Balaban J connectivity index is 1.41. The molecule has 23 heavy (non-hydrogen) atoms. The number of aromatic nitrogens is 1. The van der Waals surface area contributed by atoms with E-state index in [1.807, 2.05) is 12.3 Å². The first-order valence-corrected chi connectivity index (χ1v) is 9.18. The fraction of sp³-hybridized carbons (Fsp3) is 0.444. The van der Waals surface area contributed by atoms with Crippen molar-refractivity contribution >= 4 is 22.4 Å². The van der Waals surface area contributed by atoms with E-state index in [1.165, 1.54) is 10.4 Å². The van der Waals surface area contributed by atoms with E-state index in [-0.39, 0.29) is 0 Å². The largest absolute Gasteiger partial charge is 0.348 e. The predicted molar refractivity (Wildman–Crippen MR) is 93.7 cm³/mol. The molecule has 1 aromatic carbocycles. The molecular formula is C18H21N3OS. The van der Waals surface area contributed by atoms with Crippen LogP contribution in [-0.4, -0.2) is 41.5 Å². The van der Waals surface area contributed by atoms with Gasteiger partial charge in [-0.15, -0.1) is 0 Å². The quantitative estimate of drug-likeness (QED) is 0.867. The van der Waals surface area contributed by atoms with E-state index in [0.717, 1.165) is 50.4 Å². The molecule has 0 bridgehead atoms. The van der Waals surface area contributed by atoms with Gasteiger partial charge in [0.1, 0.15) is 0 Å². The zero-order valence-electron chi connectivity index (χ0n) is 13.1. The summed E-state index contributed by atoms with van der Waals surface area (Å²) in [7, 11) is 0. The minimum absolute atomic E-state index is 0.351. The van der Waals surface area contributed by atoms with Crippen molar-refractivity contribution in [2.75, 3.05) is 24.5 Å².